The predicted octanol–water partition coefficient (Wildman–Crippen LogP) is 3.80. The molecule has 10 heteroatoms. The average Bonchev–Trinajstić information content (AvgIpc) is 3.26. The van der Waals surface area contributed by atoms with Gasteiger partial charge in [0.15, 0.2) is 0 Å². The molecule has 0 spiro atoms. The van der Waals surface area contributed by atoms with Crippen LogP contribution in [0, 0.1) is 14.9 Å². The van der Waals surface area contributed by atoms with Crippen LogP contribution in [-0.2, 0) is 22.1 Å². The summed E-state index contributed by atoms with van der Waals surface area (Å²) in [4.78, 5) is 24.5. The van der Waals surface area contributed by atoms with Crippen molar-refractivity contribution < 1.29 is 13.9 Å². The lowest BCUT2D eigenvalue weighted by Gasteiger charge is -2.19. The minimum atomic E-state index is -3.76. The number of nitriles is 1. The molecule has 0 saturated carbocycles. The Morgan fingerprint density at radius 2 is 2.09 bits per heavy atom. The van der Waals surface area contributed by atoms with Crippen LogP contribution in [0.1, 0.15) is 34.2 Å². The van der Waals surface area contributed by atoms with Gasteiger partial charge in [0.1, 0.15) is 12.0 Å². The van der Waals surface area contributed by atoms with E-state index in [2.05, 4.69) is 48.9 Å². The van der Waals surface area contributed by atoms with Gasteiger partial charge in [-0.15, -0.1) is 0 Å². The highest BCUT2D eigenvalue weighted by atomic mass is 127. The van der Waals surface area contributed by atoms with Crippen molar-refractivity contribution in [2.24, 2.45) is 0 Å². The second kappa shape index (κ2) is 10.1. The van der Waals surface area contributed by atoms with Crippen LogP contribution < -0.4 is 15.9 Å². The third kappa shape index (κ3) is 4.62. The van der Waals surface area contributed by atoms with Crippen molar-refractivity contribution in [1.82, 2.24) is 20.3 Å². The molecule has 4 rings (SSSR count). The molecule has 0 radical (unpaired) electrons. The monoisotopic (exact) mass is 585 g/mol. The lowest BCUT2D eigenvalue weighted by molar-refractivity contribution is 0.0947. The van der Waals surface area contributed by atoms with Gasteiger partial charge in [-0.2, -0.15) is 5.26 Å². The average molecular weight is 585 g/mol. The van der Waals surface area contributed by atoms with E-state index < -0.39 is 13.3 Å². The Bertz CT molecular complexity index is 1460. The molecule has 34 heavy (non-hydrogen) atoms. The summed E-state index contributed by atoms with van der Waals surface area (Å²) in [6.45, 7) is 2.13. The van der Waals surface area contributed by atoms with E-state index >= 15 is 0 Å². The summed E-state index contributed by atoms with van der Waals surface area (Å²) < 4.78 is 21.2. The van der Waals surface area contributed by atoms with Gasteiger partial charge in [-0.3, -0.25) is 9.36 Å². The van der Waals surface area contributed by atoms with Gasteiger partial charge in [-0.1, -0.05) is 6.92 Å². The summed E-state index contributed by atoms with van der Waals surface area (Å²) in [5, 5.41) is 13.6. The van der Waals surface area contributed by atoms with E-state index in [4.69, 9.17) is 4.52 Å². The molecule has 2 aromatic heterocycles. The molecule has 0 aliphatic carbocycles. The number of hydrogen-bond acceptors (Lipinski definition) is 6. The molecule has 0 aliphatic heterocycles. The van der Waals surface area contributed by atoms with Crippen LogP contribution >= 0.6 is 30.0 Å². The number of benzene rings is 2. The number of nitrogens with one attached hydrogen (secondary N) is 2. The van der Waals surface area contributed by atoms with Crippen molar-refractivity contribution in [3.63, 3.8) is 0 Å². The van der Waals surface area contributed by atoms with Crippen LogP contribution in [0.15, 0.2) is 55.0 Å². The summed E-state index contributed by atoms with van der Waals surface area (Å²) in [5.41, 5.74) is 2.69. The third-order valence-corrected chi connectivity index (χ3v) is 8.62. The molecular formula is C24H21IN5O3P. The fourth-order valence-corrected chi connectivity index (χ4v) is 6.48. The number of rotatable bonds is 7. The van der Waals surface area contributed by atoms with Gasteiger partial charge in [0.2, 0.25) is 0 Å². The predicted molar refractivity (Wildman–Crippen MR) is 139 cm³/mol. The molecule has 2 heterocycles. The highest BCUT2D eigenvalue weighted by molar-refractivity contribution is 14.1. The Kier molecular flexibility index (Phi) is 7.12. The molecule has 1 unspecified atom stereocenters. The Morgan fingerprint density at radius 1 is 1.26 bits per heavy atom. The number of aromatic nitrogens is 3. The number of carbonyl (C=O) groups is 1. The van der Waals surface area contributed by atoms with Crippen molar-refractivity contribution in [1.29, 1.82) is 5.26 Å². The number of nitrogens with zero attached hydrogens (tertiary/aromatic N) is 3. The Morgan fingerprint density at radius 3 is 2.76 bits per heavy atom. The molecule has 2 N–H and O–H groups in total. The SMILES string of the molecule is CCc1cc(C#N)cc(P(=O)(OC)c2c(C(=O)NCc3ccncn3)[nH]c3ccc(I)cc23)c1. The van der Waals surface area contributed by atoms with Crippen molar-refractivity contribution >= 4 is 57.4 Å². The molecule has 1 atom stereocenters. The first-order valence-corrected chi connectivity index (χ1v) is 13.1. The normalized spacial score (nSPS) is 12.8. The number of aromatic amines is 1. The van der Waals surface area contributed by atoms with Gasteiger partial charge in [0.25, 0.3) is 13.3 Å². The number of hydrogen-bond donors (Lipinski definition) is 2. The standard InChI is InChI=1S/C24H21IN5O3P/c1-3-15-8-16(12-26)10-19(9-15)34(32,33-2)23-20-11-17(25)4-5-21(20)30-22(23)24(31)28-13-18-6-7-27-14-29-18/h4-11,14,30H,3,13H2,1-2H3,(H,28,31). The molecule has 1 amide bonds. The largest absolute Gasteiger partial charge is 0.350 e. The first-order valence-electron chi connectivity index (χ1n) is 10.4. The van der Waals surface area contributed by atoms with Crippen LogP contribution in [0.4, 0.5) is 0 Å². The molecular weight excluding hydrogens is 564 g/mol. The zero-order valence-corrected chi connectivity index (χ0v) is 21.6. The van der Waals surface area contributed by atoms with E-state index in [1.54, 1.807) is 30.5 Å². The number of fused-ring (bicyclic) bond motifs is 1. The maximum atomic E-state index is 14.6. The number of aryl methyl sites for hydroxylation is 1. The summed E-state index contributed by atoms with van der Waals surface area (Å²) in [6.07, 6.45) is 3.66. The second-order valence-corrected chi connectivity index (χ2v) is 11.2. The fraction of sp³-hybridized carbons (Fsp3) is 0.167. The van der Waals surface area contributed by atoms with Crippen LogP contribution in [0.2, 0.25) is 0 Å². The molecule has 0 aliphatic rings. The summed E-state index contributed by atoms with van der Waals surface area (Å²) in [6, 6.07) is 14.5. The molecule has 8 nitrogen and oxygen atoms in total. The fourth-order valence-electron chi connectivity index (χ4n) is 3.74. The van der Waals surface area contributed by atoms with Gasteiger partial charge in [-0.25, -0.2) is 9.97 Å². The van der Waals surface area contributed by atoms with Crippen molar-refractivity contribution in [2.45, 2.75) is 19.9 Å². The zero-order chi connectivity index (χ0) is 24.3. The number of halogens is 1. The quantitative estimate of drug-likeness (QED) is 0.252. The van der Waals surface area contributed by atoms with E-state index in [0.717, 1.165) is 9.13 Å². The van der Waals surface area contributed by atoms with Gasteiger partial charge in [-0.05, 0) is 77.0 Å². The number of amides is 1. The highest BCUT2D eigenvalue weighted by Gasteiger charge is 2.36. The van der Waals surface area contributed by atoms with Gasteiger partial charge < -0.3 is 14.8 Å². The Labute approximate surface area is 210 Å². The van der Waals surface area contributed by atoms with Crippen molar-refractivity contribution in [3.8, 4) is 6.07 Å². The molecule has 172 valence electrons. The Hall–Kier alpha value is -3.06. The van der Waals surface area contributed by atoms with E-state index in [1.807, 2.05) is 25.1 Å². The molecule has 0 saturated heterocycles. The molecule has 0 fully saturated rings. The first kappa shape index (κ1) is 24.1. The smallest absolute Gasteiger partial charge is 0.268 e. The topological polar surface area (TPSA) is 121 Å². The number of H-pyrrole nitrogens is 1. The molecule has 4 aromatic rings. The van der Waals surface area contributed by atoms with E-state index in [-0.39, 0.29) is 17.5 Å². The minimum Gasteiger partial charge on any atom is -0.350 e. The maximum Gasteiger partial charge on any atom is 0.268 e. The lowest BCUT2D eigenvalue weighted by atomic mass is 10.1. The minimum absolute atomic E-state index is 0.150. The van der Waals surface area contributed by atoms with E-state index in [1.165, 1.54) is 13.4 Å². The van der Waals surface area contributed by atoms with Crippen LogP contribution in [-0.4, -0.2) is 28.0 Å². The summed E-state index contributed by atoms with van der Waals surface area (Å²) in [7, 11) is -2.40. The number of carbonyl (C=O) groups excluding carboxylic acids is 1. The Balaban J connectivity index is 1.89. The first-order chi connectivity index (χ1) is 16.4. The van der Waals surface area contributed by atoms with Crippen LogP contribution in [0.25, 0.3) is 10.9 Å². The summed E-state index contributed by atoms with van der Waals surface area (Å²) >= 11 is 2.17. The summed E-state index contributed by atoms with van der Waals surface area (Å²) in [5.74, 6) is -0.441. The van der Waals surface area contributed by atoms with E-state index in [0.29, 0.717) is 33.9 Å². The van der Waals surface area contributed by atoms with Crippen molar-refractivity contribution in [3.05, 3.63) is 81.1 Å². The van der Waals surface area contributed by atoms with Crippen LogP contribution in [0.5, 0.6) is 0 Å². The molecule has 2 aromatic carbocycles. The lowest BCUT2D eigenvalue weighted by Crippen LogP contribution is -2.30. The van der Waals surface area contributed by atoms with Crippen molar-refractivity contribution in [2.75, 3.05) is 7.11 Å². The van der Waals surface area contributed by atoms with Gasteiger partial charge >= 0.3 is 0 Å². The van der Waals surface area contributed by atoms with Gasteiger partial charge in [0.05, 0.1) is 29.2 Å². The third-order valence-electron chi connectivity index (χ3n) is 5.44. The maximum absolute atomic E-state index is 14.6. The highest BCUT2D eigenvalue weighted by Crippen LogP contribution is 2.47. The second-order valence-electron chi connectivity index (χ2n) is 7.51. The zero-order valence-electron chi connectivity index (χ0n) is 18.5. The van der Waals surface area contributed by atoms with Crippen LogP contribution in [0.3, 0.4) is 0 Å². The molecule has 0 bridgehead atoms. The van der Waals surface area contributed by atoms with Gasteiger partial charge in [0, 0.05) is 33.1 Å². The van der Waals surface area contributed by atoms with E-state index in [9.17, 15) is 14.6 Å².